The second-order valence-electron chi connectivity index (χ2n) is 11.7. The van der Waals surface area contributed by atoms with Gasteiger partial charge in [0.15, 0.2) is 35.1 Å². The van der Waals surface area contributed by atoms with Crippen molar-refractivity contribution in [3.8, 4) is 0 Å². The third kappa shape index (κ3) is 6.36. The zero-order chi connectivity index (χ0) is 33.0. The van der Waals surface area contributed by atoms with Crippen LogP contribution in [0.3, 0.4) is 0 Å². The molecule has 3 aromatic carbocycles. The molecule has 0 saturated carbocycles. The number of nitrogens with zero attached hydrogens (tertiary/aromatic N) is 7. The number of aliphatic hydroxyl groups excluding tert-OH is 3. The third-order valence-corrected chi connectivity index (χ3v) is 8.58. The second-order valence-corrected chi connectivity index (χ2v) is 11.7. The highest BCUT2D eigenvalue weighted by atomic mass is 16.6. The number of anilines is 2. The van der Waals surface area contributed by atoms with E-state index < -0.39 is 30.6 Å². The van der Waals surface area contributed by atoms with E-state index in [4.69, 9.17) is 14.7 Å². The molecule has 0 spiro atoms. The Bertz CT molecular complexity index is 1900. The van der Waals surface area contributed by atoms with Gasteiger partial charge in [-0.2, -0.15) is 15.1 Å². The molecule has 3 aromatic heterocycles. The molecule has 13 heteroatoms. The minimum Gasteiger partial charge on any atom is -0.387 e. The number of hydrogen-bond donors (Lipinski definition) is 5. The van der Waals surface area contributed by atoms with Gasteiger partial charge in [-0.15, -0.1) is 0 Å². The van der Waals surface area contributed by atoms with Crippen molar-refractivity contribution in [1.82, 2.24) is 34.3 Å². The third-order valence-electron chi connectivity index (χ3n) is 8.58. The summed E-state index contributed by atoms with van der Waals surface area (Å²) in [6.45, 7) is 3.17. The molecule has 1 unspecified atom stereocenters. The average Bonchev–Trinajstić information content (AvgIpc) is 3.86. The summed E-state index contributed by atoms with van der Waals surface area (Å²) < 4.78 is 9.38. The maximum atomic E-state index is 11.2. The summed E-state index contributed by atoms with van der Waals surface area (Å²) in [7, 11) is 0. The van der Waals surface area contributed by atoms with Gasteiger partial charge < -0.3 is 30.7 Å². The maximum Gasteiger partial charge on any atom is 0.226 e. The van der Waals surface area contributed by atoms with Gasteiger partial charge in [-0.3, -0.25) is 9.25 Å². The van der Waals surface area contributed by atoms with Crippen molar-refractivity contribution >= 4 is 22.9 Å². The van der Waals surface area contributed by atoms with Crippen molar-refractivity contribution in [3.05, 3.63) is 126 Å². The lowest BCUT2D eigenvalue weighted by Crippen LogP contribution is -2.29. The number of benzene rings is 3. The predicted molar refractivity (Wildman–Crippen MR) is 179 cm³/mol. The number of ether oxygens (including phenoxy) is 1. The molecule has 4 heterocycles. The fourth-order valence-electron chi connectivity index (χ4n) is 5.98. The van der Waals surface area contributed by atoms with E-state index in [2.05, 4.69) is 50.0 Å². The predicted octanol–water partition coefficient (Wildman–Crippen LogP) is 3.82. The fourth-order valence-corrected chi connectivity index (χ4v) is 5.98. The molecule has 0 amide bonds. The largest absolute Gasteiger partial charge is 0.387 e. The normalized spacial score (nSPS) is 19.9. The van der Waals surface area contributed by atoms with E-state index in [1.54, 1.807) is 15.6 Å². The molecule has 0 aliphatic carbocycles. The van der Waals surface area contributed by atoms with Crippen LogP contribution in [0, 0.1) is 0 Å². The molecule has 1 aliphatic heterocycles. The molecule has 0 bridgehead atoms. The van der Waals surface area contributed by atoms with Crippen LogP contribution in [0.4, 0.5) is 11.8 Å². The van der Waals surface area contributed by atoms with Crippen LogP contribution in [0.2, 0.25) is 0 Å². The summed E-state index contributed by atoms with van der Waals surface area (Å²) in [6.07, 6.45) is -2.32. The Balaban J connectivity index is 1.22. The first kappa shape index (κ1) is 31.4. The summed E-state index contributed by atoms with van der Waals surface area (Å²) in [6, 6.07) is 29.8. The van der Waals surface area contributed by atoms with Gasteiger partial charge in [-0.05, 0) is 23.6 Å². The van der Waals surface area contributed by atoms with Crippen LogP contribution in [0.5, 0.6) is 0 Å². The molecule has 5 N–H and O–H groups in total. The molecule has 7 rings (SSSR count). The first-order valence-corrected chi connectivity index (χ1v) is 16.0. The highest BCUT2D eigenvalue weighted by molar-refractivity contribution is 5.84. The Morgan fingerprint density at radius 1 is 0.771 bits per heavy atom. The summed E-state index contributed by atoms with van der Waals surface area (Å²) in [5.74, 6) is 0.977. The van der Waals surface area contributed by atoms with Crippen LogP contribution in [0.25, 0.3) is 11.2 Å². The molecule has 1 fully saturated rings. The summed E-state index contributed by atoms with van der Waals surface area (Å²) in [5.41, 5.74) is 3.84. The number of hydrogen-bond acceptors (Lipinski definition) is 11. The van der Waals surface area contributed by atoms with E-state index in [9.17, 15) is 15.3 Å². The summed E-state index contributed by atoms with van der Waals surface area (Å²) in [4.78, 5) is 18.4. The van der Waals surface area contributed by atoms with Crippen LogP contribution >= 0.6 is 0 Å². The van der Waals surface area contributed by atoms with Gasteiger partial charge in [-0.25, -0.2) is 9.97 Å². The van der Waals surface area contributed by atoms with E-state index >= 15 is 0 Å². The molecule has 246 valence electrons. The van der Waals surface area contributed by atoms with Gasteiger partial charge in [0, 0.05) is 25.6 Å². The van der Waals surface area contributed by atoms with E-state index in [0.29, 0.717) is 30.1 Å². The van der Waals surface area contributed by atoms with E-state index in [-0.39, 0.29) is 24.2 Å². The van der Waals surface area contributed by atoms with Crippen molar-refractivity contribution in [3.63, 3.8) is 0 Å². The Kier molecular flexibility index (Phi) is 9.07. The quantitative estimate of drug-likeness (QED) is 0.131. The molecule has 6 aromatic rings. The SMILES string of the molecule is CCn1cnc([C@H]2O[C@@H](n3cnc4c(NCC(c5ccccc5)c5ccccc5)nc(NCC(O)c5ccccc5)nc43)[C@H](O)[C@@H]2O)n1. The van der Waals surface area contributed by atoms with Crippen LogP contribution in [-0.2, 0) is 11.3 Å². The molecule has 48 heavy (non-hydrogen) atoms. The first-order valence-electron chi connectivity index (χ1n) is 16.0. The lowest BCUT2D eigenvalue weighted by molar-refractivity contribution is -0.0383. The van der Waals surface area contributed by atoms with Gasteiger partial charge in [0.1, 0.15) is 18.5 Å². The lowest BCUT2D eigenvalue weighted by Gasteiger charge is -2.20. The maximum absolute atomic E-state index is 11.2. The van der Waals surface area contributed by atoms with Gasteiger partial charge >= 0.3 is 0 Å². The smallest absolute Gasteiger partial charge is 0.226 e. The van der Waals surface area contributed by atoms with E-state index in [0.717, 1.165) is 16.7 Å². The van der Waals surface area contributed by atoms with Gasteiger partial charge in [-0.1, -0.05) is 91.0 Å². The van der Waals surface area contributed by atoms with Gasteiger partial charge in [0.25, 0.3) is 0 Å². The molecule has 1 aliphatic rings. The number of aromatic nitrogens is 7. The Morgan fingerprint density at radius 3 is 2.04 bits per heavy atom. The van der Waals surface area contributed by atoms with E-state index in [1.807, 2.05) is 73.7 Å². The zero-order valence-electron chi connectivity index (χ0n) is 26.3. The first-order chi connectivity index (χ1) is 23.5. The molecular weight excluding hydrogens is 610 g/mol. The highest BCUT2D eigenvalue weighted by Crippen LogP contribution is 2.39. The molecule has 0 radical (unpaired) electrons. The molecule has 13 nitrogen and oxygen atoms in total. The van der Waals surface area contributed by atoms with Crippen LogP contribution < -0.4 is 10.6 Å². The van der Waals surface area contributed by atoms with Crippen LogP contribution in [0.15, 0.2) is 104 Å². The molecular formula is C35H37N9O4. The van der Waals surface area contributed by atoms with Crippen molar-refractivity contribution < 1.29 is 20.1 Å². The number of aliphatic hydroxyl groups is 3. The number of imidazole rings is 1. The topological polar surface area (TPSA) is 168 Å². The number of rotatable bonds is 12. The fraction of sp³-hybridized carbons (Fsp3) is 0.286. The number of aryl methyl sites for hydroxylation is 1. The second kappa shape index (κ2) is 13.9. The standard InChI is InChI=1S/C35H37N9O4/c1-2-43-20-39-32(42-43)30-28(46)29(47)34(48-30)44-21-38-27-31(36-18-25(22-12-6-3-7-13-22)23-14-8-4-9-15-23)40-35(41-33(27)44)37-19-26(45)24-16-10-5-11-17-24/h3-17,20-21,25-26,28-30,34,45-47H,2,18-19H2,1H3,(H2,36,37,40,41)/t26?,28-,29+,30-,34+/m0/s1. The molecule has 1 saturated heterocycles. The molecule has 5 atom stereocenters. The van der Waals surface area contributed by atoms with E-state index in [1.165, 1.54) is 6.33 Å². The van der Waals surface area contributed by atoms with Crippen molar-refractivity contribution in [2.24, 2.45) is 0 Å². The van der Waals surface area contributed by atoms with Crippen LogP contribution in [-0.4, -0.2) is 74.9 Å². The van der Waals surface area contributed by atoms with Crippen molar-refractivity contribution in [1.29, 1.82) is 0 Å². The van der Waals surface area contributed by atoms with Crippen molar-refractivity contribution in [2.75, 3.05) is 23.7 Å². The number of fused-ring (bicyclic) bond motifs is 1. The van der Waals surface area contributed by atoms with Gasteiger partial charge in [0.05, 0.1) is 12.4 Å². The highest BCUT2D eigenvalue weighted by Gasteiger charge is 2.47. The minimum atomic E-state index is -1.32. The zero-order valence-corrected chi connectivity index (χ0v) is 26.3. The van der Waals surface area contributed by atoms with Crippen molar-refractivity contribution in [2.45, 2.75) is 50.0 Å². The average molecular weight is 648 g/mol. The van der Waals surface area contributed by atoms with Gasteiger partial charge in [0.2, 0.25) is 5.95 Å². The Hall–Kier alpha value is -5.21. The van der Waals surface area contributed by atoms with Crippen LogP contribution in [0.1, 0.15) is 53.8 Å². The minimum absolute atomic E-state index is 0.00198. The Morgan fingerprint density at radius 2 is 1.42 bits per heavy atom. The lowest BCUT2D eigenvalue weighted by atomic mass is 9.91. The summed E-state index contributed by atoms with van der Waals surface area (Å²) in [5, 5.41) is 44.0. The monoisotopic (exact) mass is 647 g/mol. The Labute approximate surface area is 276 Å². The summed E-state index contributed by atoms with van der Waals surface area (Å²) >= 11 is 0. The number of nitrogens with one attached hydrogen (secondary N) is 2.